The number of halogens is 3. The molecule has 3 aromatic rings. The van der Waals surface area contributed by atoms with Gasteiger partial charge in [-0.25, -0.2) is 10.8 Å². The number of aryl methyl sites for hydroxylation is 1. The molecule has 2 amide bonds. The Bertz CT molecular complexity index is 1520. The lowest BCUT2D eigenvalue weighted by molar-refractivity contribution is -0.138. The molecule has 1 saturated heterocycles. The molecule has 1 aromatic heterocycles. The van der Waals surface area contributed by atoms with Crippen molar-refractivity contribution in [2.75, 3.05) is 42.9 Å². The van der Waals surface area contributed by atoms with Crippen molar-refractivity contribution in [1.29, 1.82) is 0 Å². The van der Waals surface area contributed by atoms with Crippen molar-refractivity contribution in [2.24, 2.45) is 5.84 Å². The van der Waals surface area contributed by atoms with Crippen molar-refractivity contribution in [3.8, 4) is 5.75 Å². The maximum absolute atomic E-state index is 14.0. The van der Waals surface area contributed by atoms with Gasteiger partial charge in [0.2, 0.25) is 5.91 Å². The van der Waals surface area contributed by atoms with E-state index < -0.39 is 17.6 Å². The number of rotatable bonds is 10. The first-order valence-electron chi connectivity index (χ1n) is 13.5. The number of anilines is 3. The first-order valence-corrected chi connectivity index (χ1v) is 14.3. The Labute approximate surface area is 251 Å². The number of nitrogens with zero attached hydrogens (tertiary/aromatic N) is 3. The van der Waals surface area contributed by atoms with Crippen LogP contribution in [0.1, 0.15) is 51.7 Å². The van der Waals surface area contributed by atoms with Crippen LogP contribution in [0, 0.1) is 6.92 Å². The fourth-order valence-corrected chi connectivity index (χ4v) is 5.69. The fraction of sp³-hybridized carbons (Fsp3) is 0.345. The number of hydrogen-bond donors (Lipinski definition) is 4. The van der Waals surface area contributed by atoms with Gasteiger partial charge in [0.05, 0.1) is 28.9 Å². The van der Waals surface area contributed by atoms with Gasteiger partial charge in [-0.15, -0.1) is 0 Å². The highest BCUT2D eigenvalue weighted by Crippen LogP contribution is 2.41. The van der Waals surface area contributed by atoms with Crippen LogP contribution in [0.15, 0.2) is 42.7 Å². The first-order chi connectivity index (χ1) is 20.4. The van der Waals surface area contributed by atoms with Gasteiger partial charge < -0.3 is 20.7 Å². The van der Waals surface area contributed by atoms with E-state index in [9.17, 15) is 22.8 Å². The Morgan fingerprint density at radius 3 is 2.53 bits per heavy atom. The summed E-state index contributed by atoms with van der Waals surface area (Å²) in [6.45, 7) is 5.05. The zero-order valence-electron chi connectivity index (χ0n) is 24.3. The van der Waals surface area contributed by atoms with Gasteiger partial charge >= 0.3 is 6.18 Å². The predicted molar refractivity (Wildman–Crippen MR) is 162 cm³/mol. The van der Waals surface area contributed by atoms with E-state index in [4.69, 9.17) is 10.6 Å². The summed E-state index contributed by atoms with van der Waals surface area (Å²) in [4.78, 5) is 31.6. The number of methoxy groups -OCH3 is 1. The van der Waals surface area contributed by atoms with Crippen LogP contribution in [-0.4, -0.2) is 48.9 Å². The first kappa shape index (κ1) is 31.8. The highest BCUT2D eigenvalue weighted by atomic mass is 32.1. The largest absolute Gasteiger partial charge is 0.496 e. The molecule has 0 spiro atoms. The summed E-state index contributed by atoms with van der Waals surface area (Å²) in [6, 6.07) is 7.25. The summed E-state index contributed by atoms with van der Waals surface area (Å²) in [7, 11) is 2.92. The summed E-state index contributed by atoms with van der Waals surface area (Å²) < 4.78 is 47.2. The SMILES string of the molecule is CN/C(=C\N(N)c1cc(C(=O)Nc2cc(CN3CCCC3)c(OC)c(C(F)(F)F)c2)ccc1C)c1cnc(NC(C)=O)s1. The van der Waals surface area contributed by atoms with E-state index in [0.29, 0.717) is 27.0 Å². The van der Waals surface area contributed by atoms with Gasteiger partial charge in [0, 0.05) is 49.7 Å². The molecule has 10 nitrogen and oxygen atoms in total. The number of benzene rings is 2. The summed E-state index contributed by atoms with van der Waals surface area (Å²) in [5, 5.41) is 10.1. The molecule has 1 aliphatic rings. The van der Waals surface area contributed by atoms with Crippen LogP contribution in [0.25, 0.3) is 5.70 Å². The molecular weight excluding hydrogens is 583 g/mol. The van der Waals surface area contributed by atoms with E-state index in [1.54, 1.807) is 37.6 Å². The standard InChI is InChI=1S/C29H34F3N7O3S/c1-17-7-8-19(12-24(17)39(33)16-23(34-3)25-14-35-28(43-25)36-18(2)40)27(41)37-21-11-20(15-38-9-5-6-10-38)26(42-4)22(13-21)29(30,31)32/h7-8,11-14,16,34H,5-6,9-10,15,33H2,1-4H3,(H,37,41)(H,35,36,40)/b23-16-. The van der Waals surface area contributed by atoms with Crippen LogP contribution in [0.5, 0.6) is 5.75 Å². The van der Waals surface area contributed by atoms with Crippen molar-refractivity contribution in [3.05, 3.63) is 69.9 Å². The van der Waals surface area contributed by atoms with Crippen LogP contribution in [0.3, 0.4) is 0 Å². The smallest absolute Gasteiger partial charge is 0.420 e. The van der Waals surface area contributed by atoms with E-state index in [2.05, 4.69) is 25.8 Å². The zero-order chi connectivity index (χ0) is 31.3. The number of nitrogens with two attached hydrogens (primary N) is 1. The summed E-state index contributed by atoms with van der Waals surface area (Å²) in [5.74, 6) is 5.29. The monoisotopic (exact) mass is 617 g/mol. The van der Waals surface area contributed by atoms with Crippen LogP contribution < -0.4 is 31.5 Å². The lowest BCUT2D eigenvalue weighted by atomic mass is 10.0. The second-order valence-electron chi connectivity index (χ2n) is 10.1. The highest BCUT2D eigenvalue weighted by molar-refractivity contribution is 7.16. The van der Waals surface area contributed by atoms with Crippen molar-refractivity contribution < 1.29 is 27.5 Å². The summed E-state index contributed by atoms with van der Waals surface area (Å²) >= 11 is 1.25. The lowest BCUT2D eigenvalue weighted by Gasteiger charge is -2.22. The quantitative estimate of drug-likeness (QED) is 0.181. The van der Waals surface area contributed by atoms with E-state index >= 15 is 0 Å². The molecule has 230 valence electrons. The van der Waals surface area contributed by atoms with E-state index in [1.165, 1.54) is 36.4 Å². The number of carbonyl (C=O) groups excluding carboxylic acids is 2. The number of hydrazine groups is 1. The summed E-state index contributed by atoms with van der Waals surface area (Å²) in [6.07, 6.45) is 0.475. The number of hydrogen-bond acceptors (Lipinski definition) is 9. The molecule has 0 aliphatic carbocycles. The molecule has 2 heterocycles. The number of nitrogens with one attached hydrogen (secondary N) is 3. The van der Waals surface area contributed by atoms with E-state index in [0.717, 1.165) is 37.6 Å². The van der Waals surface area contributed by atoms with Gasteiger partial charge in [-0.3, -0.25) is 19.5 Å². The van der Waals surface area contributed by atoms with Gasteiger partial charge in [0.15, 0.2) is 5.13 Å². The Morgan fingerprint density at radius 2 is 1.91 bits per heavy atom. The molecule has 0 unspecified atom stereocenters. The predicted octanol–water partition coefficient (Wildman–Crippen LogP) is 5.18. The van der Waals surface area contributed by atoms with Crippen LogP contribution in [0.4, 0.5) is 29.7 Å². The van der Waals surface area contributed by atoms with E-state index in [1.807, 2.05) is 6.92 Å². The average Bonchev–Trinajstić information content (AvgIpc) is 3.63. The minimum atomic E-state index is -4.68. The molecule has 14 heteroatoms. The minimum absolute atomic E-state index is 0.0107. The van der Waals surface area contributed by atoms with Gasteiger partial charge in [-0.05, 0) is 62.7 Å². The van der Waals surface area contributed by atoms with Crippen molar-refractivity contribution in [1.82, 2.24) is 15.2 Å². The van der Waals surface area contributed by atoms with Crippen LogP contribution in [-0.2, 0) is 17.5 Å². The Morgan fingerprint density at radius 1 is 1.19 bits per heavy atom. The highest BCUT2D eigenvalue weighted by Gasteiger charge is 2.36. The minimum Gasteiger partial charge on any atom is -0.496 e. The third-order valence-electron chi connectivity index (χ3n) is 6.87. The number of ether oxygens (including phenoxy) is 1. The molecule has 1 fully saturated rings. The van der Waals surface area contributed by atoms with Crippen molar-refractivity contribution in [3.63, 3.8) is 0 Å². The number of aromatic nitrogens is 1. The van der Waals surface area contributed by atoms with Crippen LogP contribution in [0.2, 0.25) is 0 Å². The molecule has 0 bridgehead atoms. The number of alkyl halides is 3. The second-order valence-corrected chi connectivity index (χ2v) is 11.1. The maximum Gasteiger partial charge on any atom is 0.420 e. The molecule has 4 rings (SSSR count). The fourth-order valence-electron chi connectivity index (χ4n) is 4.81. The average molecular weight is 618 g/mol. The molecule has 43 heavy (non-hydrogen) atoms. The normalized spacial score (nSPS) is 14.0. The summed E-state index contributed by atoms with van der Waals surface area (Å²) in [5.41, 5.74) is 1.46. The topological polar surface area (TPSA) is 125 Å². The van der Waals surface area contributed by atoms with Crippen molar-refractivity contribution >= 4 is 45.4 Å². The molecular formula is C29H34F3N7O3S. The van der Waals surface area contributed by atoms with Gasteiger partial charge in [0.1, 0.15) is 5.75 Å². The molecule has 2 aromatic carbocycles. The molecule has 0 saturated carbocycles. The molecule has 1 aliphatic heterocycles. The molecule has 5 N–H and O–H groups in total. The van der Waals surface area contributed by atoms with Crippen LogP contribution >= 0.6 is 11.3 Å². The van der Waals surface area contributed by atoms with E-state index in [-0.39, 0.29) is 29.5 Å². The lowest BCUT2D eigenvalue weighted by Crippen LogP contribution is -2.27. The Kier molecular flexibility index (Phi) is 9.94. The van der Waals surface area contributed by atoms with Gasteiger partial charge in [-0.2, -0.15) is 13.2 Å². The van der Waals surface area contributed by atoms with Crippen molar-refractivity contribution in [2.45, 2.75) is 39.4 Å². The second kappa shape index (κ2) is 13.4. The third-order valence-corrected chi connectivity index (χ3v) is 7.81. The third kappa shape index (κ3) is 7.83. The maximum atomic E-state index is 14.0. The zero-order valence-corrected chi connectivity index (χ0v) is 25.1. The molecule has 0 atom stereocenters. The van der Waals surface area contributed by atoms with Gasteiger partial charge in [0.25, 0.3) is 5.91 Å². The number of thiazole rings is 1. The Hall–Kier alpha value is -4.14. The number of carbonyl (C=O) groups is 2. The number of amides is 2. The number of likely N-dealkylation sites (tertiary alicyclic amines) is 1. The Balaban J connectivity index is 1.61. The molecule has 0 radical (unpaired) electrons. The van der Waals surface area contributed by atoms with Gasteiger partial charge in [-0.1, -0.05) is 17.4 Å².